The van der Waals surface area contributed by atoms with Gasteiger partial charge < -0.3 is 13.9 Å². The van der Waals surface area contributed by atoms with E-state index in [-0.39, 0.29) is 11.7 Å². The molecule has 6 heteroatoms. The molecule has 0 unspecified atom stereocenters. The number of nitrogens with zero attached hydrogens (tertiary/aromatic N) is 5. The number of hydrogen-bond donors (Lipinski definition) is 0. The van der Waals surface area contributed by atoms with Gasteiger partial charge >= 0.3 is 6.01 Å². The highest BCUT2D eigenvalue weighted by molar-refractivity contribution is 5.76. The van der Waals surface area contributed by atoms with Crippen molar-refractivity contribution >= 4 is 17.0 Å². The summed E-state index contributed by atoms with van der Waals surface area (Å²) in [5, 5.41) is 0. The lowest BCUT2D eigenvalue weighted by Crippen LogP contribution is -2.49. The molecule has 0 N–H and O–H groups in total. The van der Waals surface area contributed by atoms with Crippen LogP contribution in [-0.4, -0.2) is 20.6 Å². The second kappa shape index (κ2) is 5.37. The van der Waals surface area contributed by atoms with Crippen LogP contribution in [0.3, 0.4) is 0 Å². The topological polar surface area (TPSA) is 41.3 Å². The maximum Gasteiger partial charge on any atom is 0.462 e. The molecule has 3 heterocycles. The van der Waals surface area contributed by atoms with Crippen LogP contribution in [0.2, 0.25) is 0 Å². The number of aromatic nitrogens is 3. The quantitative estimate of drug-likeness (QED) is 0.689. The summed E-state index contributed by atoms with van der Waals surface area (Å²) in [7, 11) is 4.07. The molecular formula is C19H24N5O+. The van der Waals surface area contributed by atoms with Gasteiger partial charge in [0.15, 0.2) is 6.17 Å². The van der Waals surface area contributed by atoms with Gasteiger partial charge in [-0.05, 0) is 32.9 Å². The van der Waals surface area contributed by atoms with Crippen LogP contribution >= 0.6 is 0 Å². The summed E-state index contributed by atoms with van der Waals surface area (Å²) < 4.78 is 9.81. The predicted octanol–water partition coefficient (Wildman–Crippen LogP) is 2.87. The lowest BCUT2D eigenvalue weighted by atomic mass is 10.0. The summed E-state index contributed by atoms with van der Waals surface area (Å²) in [5.41, 5.74) is 1.90. The van der Waals surface area contributed by atoms with Crippen LogP contribution < -0.4 is 9.47 Å². The van der Waals surface area contributed by atoms with Crippen LogP contribution in [0.15, 0.2) is 53.5 Å². The fourth-order valence-corrected chi connectivity index (χ4v) is 3.78. The maximum atomic E-state index is 5.65. The molecule has 0 amide bonds. The molecule has 25 heavy (non-hydrogen) atoms. The smallest absolute Gasteiger partial charge is 0.396 e. The van der Waals surface area contributed by atoms with Gasteiger partial charge in [0, 0.05) is 13.2 Å². The summed E-state index contributed by atoms with van der Waals surface area (Å²) in [6, 6.07) is 9.07. The number of oxazole rings is 1. The Kier molecular flexibility index (Phi) is 3.39. The molecular weight excluding hydrogens is 314 g/mol. The van der Waals surface area contributed by atoms with Gasteiger partial charge in [-0.3, -0.25) is 0 Å². The third-order valence-electron chi connectivity index (χ3n) is 5.15. The number of benzene rings is 1. The first-order valence-corrected chi connectivity index (χ1v) is 8.51. The summed E-state index contributed by atoms with van der Waals surface area (Å²) in [6.45, 7) is 6.59. The van der Waals surface area contributed by atoms with E-state index in [1.165, 1.54) is 0 Å². The van der Waals surface area contributed by atoms with E-state index in [9.17, 15) is 0 Å². The van der Waals surface area contributed by atoms with Crippen molar-refractivity contribution in [1.82, 2.24) is 14.5 Å². The zero-order valence-electron chi connectivity index (χ0n) is 15.3. The van der Waals surface area contributed by atoms with E-state index < -0.39 is 0 Å². The fraction of sp³-hybridized carbons (Fsp3) is 0.368. The van der Waals surface area contributed by atoms with Crippen molar-refractivity contribution in [3.8, 4) is 0 Å². The van der Waals surface area contributed by atoms with E-state index in [4.69, 9.17) is 9.40 Å². The molecule has 0 saturated carbocycles. The van der Waals surface area contributed by atoms with Crippen molar-refractivity contribution in [2.75, 3.05) is 4.90 Å². The minimum atomic E-state index is -0.274. The molecule has 0 bridgehead atoms. The molecule has 0 aliphatic carbocycles. The third-order valence-corrected chi connectivity index (χ3v) is 5.15. The normalized spacial score (nSPS) is 17.9. The van der Waals surface area contributed by atoms with E-state index in [1.54, 1.807) is 6.26 Å². The van der Waals surface area contributed by atoms with Gasteiger partial charge in [-0.1, -0.05) is 12.1 Å². The molecule has 1 aliphatic heterocycles. The zero-order valence-corrected chi connectivity index (χ0v) is 15.3. The largest absolute Gasteiger partial charge is 0.462 e. The van der Waals surface area contributed by atoms with Gasteiger partial charge in [0.25, 0.3) is 0 Å². The highest BCUT2D eigenvalue weighted by Gasteiger charge is 2.43. The average Bonchev–Trinajstić information content (AvgIpc) is 3.26. The zero-order chi connectivity index (χ0) is 17.8. The summed E-state index contributed by atoms with van der Waals surface area (Å²) in [6.07, 6.45) is 7.91. The number of rotatable bonds is 3. The Morgan fingerprint density at radius 2 is 1.96 bits per heavy atom. The Balaban J connectivity index is 1.72. The van der Waals surface area contributed by atoms with Crippen LogP contribution in [-0.2, 0) is 19.6 Å². The van der Waals surface area contributed by atoms with Gasteiger partial charge in [-0.25, -0.2) is 9.55 Å². The molecule has 1 aromatic carbocycles. The molecule has 0 saturated heterocycles. The van der Waals surface area contributed by atoms with E-state index in [0.717, 1.165) is 22.9 Å². The first-order chi connectivity index (χ1) is 11.9. The summed E-state index contributed by atoms with van der Waals surface area (Å²) in [5.74, 6) is 1.04. The molecule has 0 fully saturated rings. The van der Waals surface area contributed by atoms with Crippen LogP contribution in [0.1, 0.15) is 26.6 Å². The number of hydrogen-bond acceptors (Lipinski definition) is 4. The predicted molar refractivity (Wildman–Crippen MR) is 96.5 cm³/mol. The molecule has 2 aromatic heterocycles. The Morgan fingerprint density at radius 1 is 1.20 bits per heavy atom. The van der Waals surface area contributed by atoms with Crippen molar-refractivity contribution in [2.45, 2.75) is 32.5 Å². The Bertz CT molecular complexity index is 952. The second-order valence-corrected chi connectivity index (χ2v) is 7.08. The monoisotopic (exact) mass is 338 g/mol. The molecule has 1 atom stereocenters. The minimum absolute atomic E-state index is 0.118. The SMILES string of the molecule is C[C@@H]1N(c2occ[n+]2C)C=CN1C(C)(C)c1nc2ccccc2n1C. The van der Waals surface area contributed by atoms with Crippen LogP contribution in [0, 0.1) is 0 Å². The Labute approximate surface area is 147 Å². The van der Waals surface area contributed by atoms with Gasteiger partial charge in [-0.15, -0.1) is 0 Å². The third kappa shape index (κ3) is 2.24. The van der Waals surface area contributed by atoms with Crippen LogP contribution in [0.25, 0.3) is 11.0 Å². The van der Waals surface area contributed by atoms with E-state index in [0.29, 0.717) is 0 Å². The molecule has 6 nitrogen and oxygen atoms in total. The van der Waals surface area contributed by atoms with Gasteiger partial charge in [0.2, 0.25) is 0 Å². The standard InChI is InChI=1S/C19H24N5O/c1-14-23(18-21(4)12-13-25-18)10-11-24(14)19(2,3)17-20-15-8-6-7-9-16(15)22(17)5/h6-14H,1-5H3/q+1/t14-/m1/s1. The van der Waals surface area contributed by atoms with E-state index in [2.05, 4.69) is 72.8 Å². The first-order valence-electron chi connectivity index (χ1n) is 8.51. The van der Waals surface area contributed by atoms with Gasteiger partial charge in [0.1, 0.15) is 24.5 Å². The lowest BCUT2D eigenvalue weighted by Gasteiger charge is -2.37. The van der Waals surface area contributed by atoms with Crippen molar-refractivity contribution in [3.05, 3.63) is 54.9 Å². The summed E-state index contributed by atoms with van der Waals surface area (Å²) in [4.78, 5) is 9.35. The molecule has 0 radical (unpaired) electrons. The van der Waals surface area contributed by atoms with Crippen molar-refractivity contribution in [1.29, 1.82) is 0 Å². The second-order valence-electron chi connectivity index (χ2n) is 7.08. The van der Waals surface area contributed by atoms with Crippen molar-refractivity contribution in [2.24, 2.45) is 14.1 Å². The molecule has 0 spiro atoms. The maximum absolute atomic E-state index is 5.65. The van der Waals surface area contributed by atoms with Gasteiger partial charge in [0.05, 0.1) is 23.6 Å². The highest BCUT2D eigenvalue weighted by atomic mass is 16.4. The number of para-hydroxylation sites is 2. The molecule has 4 rings (SSSR count). The average molecular weight is 338 g/mol. The number of anilines is 1. The fourth-order valence-electron chi connectivity index (χ4n) is 3.78. The first kappa shape index (κ1) is 15.7. The number of aryl methyl sites for hydroxylation is 2. The molecule has 130 valence electrons. The van der Waals surface area contributed by atoms with Crippen molar-refractivity contribution < 1.29 is 8.98 Å². The van der Waals surface area contributed by atoms with Gasteiger partial charge in [-0.2, -0.15) is 4.90 Å². The Hall–Kier alpha value is -2.76. The van der Waals surface area contributed by atoms with Crippen LogP contribution in [0.5, 0.6) is 0 Å². The number of imidazole rings is 1. The van der Waals surface area contributed by atoms with Crippen LogP contribution in [0.4, 0.5) is 6.01 Å². The van der Waals surface area contributed by atoms with Crippen molar-refractivity contribution in [3.63, 3.8) is 0 Å². The minimum Gasteiger partial charge on any atom is -0.396 e. The lowest BCUT2D eigenvalue weighted by molar-refractivity contribution is -0.660. The summed E-state index contributed by atoms with van der Waals surface area (Å²) >= 11 is 0. The molecule has 3 aromatic rings. The van der Waals surface area contributed by atoms with E-state index >= 15 is 0 Å². The van der Waals surface area contributed by atoms with E-state index in [1.807, 2.05) is 23.9 Å². The highest BCUT2D eigenvalue weighted by Crippen LogP contribution is 2.35. The molecule has 1 aliphatic rings. The Morgan fingerprint density at radius 3 is 2.64 bits per heavy atom. The number of fused-ring (bicyclic) bond motifs is 1.